The van der Waals surface area contributed by atoms with E-state index in [0.717, 1.165) is 16.3 Å². The largest absolute Gasteiger partial charge is 0.294 e. The minimum Gasteiger partial charge on any atom is -0.294 e. The summed E-state index contributed by atoms with van der Waals surface area (Å²) in [5, 5.41) is 2.68. The van der Waals surface area contributed by atoms with Gasteiger partial charge in [-0.25, -0.2) is 9.37 Å². The highest BCUT2D eigenvalue weighted by Crippen LogP contribution is 2.16. The van der Waals surface area contributed by atoms with E-state index in [0.29, 0.717) is 5.56 Å². The van der Waals surface area contributed by atoms with Gasteiger partial charge in [0, 0.05) is 16.6 Å². The average molecular weight is 249 g/mol. The Labute approximate surface area is 103 Å². The Morgan fingerprint density at radius 2 is 2.18 bits per heavy atom. The molecule has 0 saturated carbocycles. The topological polar surface area (TPSA) is 30.0 Å². The van der Waals surface area contributed by atoms with Gasteiger partial charge in [-0.2, -0.15) is 0 Å². The van der Waals surface area contributed by atoms with Gasteiger partial charge in [0.2, 0.25) is 0 Å². The first kappa shape index (κ1) is 11.9. The van der Waals surface area contributed by atoms with Crippen LogP contribution in [0, 0.1) is 19.7 Å². The number of aryl methyl sites for hydroxylation is 2. The lowest BCUT2D eigenvalue weighted by Gasteiger charge is -2.03. The Hall–Kier alpha value is -1.55. The Balaban J connectivity index is 2.22. The fraction of sp³-hybridized carbons (Fsp3) is 0.231. The van der Waals surface area contributed by atoms with Crippen molar-refractivity contribution in [3.8, 4) is 0 Å². The molecule has 2 aromatic rings. The number of aromatic nitrogens is 1. The van der Waals surface area contributed by atoms with E-state index in [2.05, 4.69) is 4.98 Å². The molecule has 0 aliphatic rings. The average Bonchev–Trinajstić information content (AvgIpc) is 2.67. The molecule has 0 aliphatic carbocycles. The van der Waals surface area contributed by atoms with Crippen LogP contribution in [0.2, 0.25) is 0 Å². The van der Waals surface area contributed by atoms with E-state index in [1.165, 1.54) is 23.5 Å². The number of benzene rings is 1. The lowest BCUT2D eigenvalue weighted by atomic mass is 10.0. The Morgan fingerprint density at radius 3 is 2.82 bits per heavy atom. The summed E-state index contributed by atoms with van der Waals surface area (Å²) in [6.07, 6.45) is 0.239. The third-order valence-electron chi connectivity index (χ3n) is 2.48. The number of halogens is 1. The van der Waals surface area contributed by atoms with E-state index < -0.39 is 0 Å². The zero-order chi connectivity index (χ0) is 12.4. The summed E-state index contributed by atoms with van der Waals surface area (Å²) < 4.78 is 13.1. The third kappa shape index (κ3) is 2.77. The molecule has 0 spiro atoms. The van der Waals surface area contributed by atoms with E-state index in [1.807, 2.05) is 12.3 Å². The number of thiazole rings is 1. The molecule has 0 unspecified atom stereocenters. The molecule has 0 radical (unpaired) electrons. The summed E-state index contributed by atoms with van der Waals surface area (Å²) in [6, 6.07) is 4.27. The number of nitrogens with zero attached hydrogens (tertiary/aromatic N) is 1. The van der Waals surface area contributed by atoms with Crippen molar-refractivity contribution in [2.75, 3.05) is 0 Å². The zero-order valence-electron chi connectivity index (χ0n) is 9.66. The van der Waals surface area contributed by atoms with Gasteiger partial charge < -0.3 is 0 Å². The van der Waals surface area contributed by atoms with Crippen molar-refractivity contribution in [1.29, 1.82) is 0 Å². The molecule has 0 aliphatic heterocycles. The van der Waals surface area contributed by atoms with Crippen LogP contribution in [0.4, 0.5) is 4.39 Å². The maximum atomic E-state index is 13.1. The highest BCUT2D eigenvalue weighted by Gasteiger charge is 2.12. The maximum Gasteiger partial charge on any atom is 0.170 e. The number of ketones is 1. The highest BCUT2D eigenvalue weighted by atomic mass is 32.1. The molecule has 0 saturated heterocycles. The summed E-state index contributed by atoms with van der Waals surface area (Å²) in [5.41, 5.74) is 2.15. The number of hydrogen-bond donors (Lipinski definition) is 0. The van der Waals surface area contributed by atoms with Crippen LogP contribution >= 0.6 is 11.3 Å². The summed E-state index contributed by atoms with van der Waals surface area (Å²) in [4.78, 5) is 16.2. The van der Waals surface area contributed by atoms with Gasteiger partial charge in [-0.15, -0.1) is 11.3 Å². The highest BCUT2D eigenvalue weighted by molar-refractivity contribution is 7.09. The molecule has 2 nitrogen and oxygen atoms in total. The Kier molecular flexibility index (Phi) is 3.33. The molecule has 1 heterocycles. The Bertz CT molecular complexity index is 562. The quantitative estimate of drug-likeness (QED) is 0.781. The van der Waals surface area contributed by atoms with Crippen molar-refractivity contribution in [3.05, 3.63) is 51.2 Å². The molecular formula is C13H12FNOS. The summed E-state index contributed by atoms with van der Waals surface area (Å²) >= 11 is 1.46. The van der Waals surface area contributed by atoms with Crippen molar-refractivity contribution in [2.45, 2.75) is 20.3 Å². The van der Waals surface area contributed by atoms with Gasteiger partial charge in [-0.1, -0.05) is 6.07 Å². The van der Waals surface area contributed by atoms with Crippen LogP contribution in [0.5, 0.6) is 0 Å². The van der Waals surface area contributed by atoms with E-state index >= 15 is 0 Å². The predicted octanol–water partition coefficient (Wildman–Crippen LogP) is 3.32. The standard InChI is InChI=1S/C13H12FNOS/c1-8-3-4-10(14)5-11(8)12(16)6-13-15-9(2)7-17-13/h3-5,7H,6H2,1-2H3. The minimum atomic E-state index is -0.380. The molecular weight excluding hydrogens is 237 g/mol. The van der Waals surface area contributed by atoms with Crippen molar-refractivity contribution < 1.29 is 9.18 Å². The van der Waals surface area contributed by atoms with Gasteiger partial charge in [0.25, 0.3) is 0 Å². The van der Waals surface area contributed by atoms with Crippen LogP contribution in [0.25, 0.3) is 0 Å². The molecule has 0 amide bonds. The van der Waals surface area contributed by atoms with E-state index in [4.69, 9.17) is 0 Å². The van der Waals surface area contributed by atoms with Crippen LogP contribution in [0.1, 0.15) is 26.6 Å². The second-order valence-corrected chi connectivity index (χ2v) is 4.88. The second kappa shape index (κ2) is 4.75. The molecule has 4 heteroatoms. The van der Waals surface area contributed by atoms with E-state index in [-0.39, 0.29) is 18.0 Å². The molecule has 2 rings (SSSR count). The maximum absolute atomic E-state index is 13.1. The van der Waals surface area contributed by atoms with Gasteiger partial charge in [0.05, 0.1) is 6.42 Å². The summed E-state index contributed by atoms with van der Waals surface area (Å²) in [7, 11) is 0. The summed E-state index contributed by atoms with van der Waals surface area (Å²) in [6.45, 7) is 3.69. The molecule has 1 aromatic heterocycles. The number of hydrogen-bond acceptors (Lipinski definition) is 3. The monoisotopic (exact) mass is 249 g/mol. The summed E-state index contributed by atoms with van der Waals surface area (Å²) in [5.74, 6) is -0.467. The van der Waals surface area contributed by atoms with Gasteiger partial charge in [0.1, 0.15) is 10.8 Å². The molecule has 0 N–H and O–H groups in total. The van der Waals surface area contributed by atoms with E-state index in [1.54, 1.807) is 13.0 Å². The SMILES string of the molecule is Cc1csc(CC(=O)c2cc(F)ccc2C)n1. The van der Waals surface area contributed by atoms with Crippen molar-refractivity contribution in [1.82, 2.24) is 4.98 Å². The lowest BCUT2D eigenvalue weighted by molar-refractivity contribution is 0.0992. The number of carbonyl (C=O) groups excluding carboxylic acids is 1. The van der Waals surface area contributed by atoms with E-state index in [9.17, 15) is 9.18 Å². The van der Waals surface area contributed by atoms with Gasteiger partial charge in [0.15, 0.2) is 5.78 Å². The fourth-order valence-corrected chi connectivity index (χ4v) is 2.38. The zero-order valence-corrected chi connectivity index (χ0v) is 10.5. The minimum absolute atomic E-state index is 0.0867. The molecule has 0 atom stereocenters. The van der Waals surface area contributed by atoms with Gasteiger partial charge in [-0.05, 0) is 31.5 Å². The van der Waals surface area contributed by atoms with Crippen molar-refractivity contribution in [2.24, 2.45) is 0 Å². The van der Waals surface area contributed by atoms with Crippen molar-refractivity contribution in [3.63, 3.8) is 0 Å². The number of Topliss-reactive ketones (excluding diaryl/α,β-unsaturated/α-hetero) is 1. The van der Waals surface area contributed by atoms with Gasteiger partial charge >= 0.3 is 0 Å². The van der Waals surface area contributed by atoms with Crippen LogP contribution in [0.3, 0.4) is 0 Å². The van der Waals surface area contributed by atoms with Crippen LogP contribution in [0.15, 0.2) is 23.6 Å². The van der Waals surface area contributed by atoms with Gasteiger partial charge in [-0.3, -0.25) is 4.79 Å². The molecule has 0 fully saturated rings. The first-order chi connectivity index (χ1) is 8.06. The fourth-order valence-electron chi connectivity index (χ4n) is 1.61. The number of carbonyl (C=O) groups is 1. The molecule has 17 heavy (non-hydrogen) atoms. The molecule has 0 bridgehead atoms. The number of rotatable bonds is 3. The first-order valence-electron chi connectivity index (χ1n) is 5.26. The second-order valence-electron chi connectivity index (χ2n) is 3.94. The Morgan fingerprint density at radius 1 is 1.41 bits per heavy atom. The first-order valence-corrected chi connectivity index (χ1v) is 6.14. The molecule has 88 valence electrons. The normalized spacial score (nSPS) is 10.5. The molecule has 1 aromatic carbocycles. The van der Waals surface area contributed by atoms with Crippen LogP contribution < -0.4 is 0 Å². The van der Waals surface area contributed by atoms with Crippen LogP contribution in [-0.4, -0.2) is 10.8 Å². The van der Waals surface area contributed by atoms with Crippen LogP contribution in [-0.2, 0) is 6.42 Å². The smallest absolute Gasteiger partial charge is 0.170 e. The predicted molar refractivity (Wildman–Crippen MR) is 66.0 cm³/mol. The third-order valence-corrected chi connectivity index (χ3v) is 3.45. The lowest BCUT2D eigenvalue weighted by Crippen LogP contribution is -2.06. The van der Waals surface area contributed by atoms with Crippen molar-refractivity contribution >= 4 is 17.1 Å².